The minimum atomic E-state index is -0.465. The van der Waals surface area contributed by atoms with Gasteiger partial charge in [-0.15, -0.1) is 0 Å². The van der Waals surface area contributed by atoms with Gasteiger partial charge in [-0.05, 0) is 27.2 Å². The van der Waals surface area contributed by atoms with Gasteiger partial charge in [-0.1, -0.05) is 5.16 Å². The average molecular weight is 253 g/mol. The second-order valence-electron chi connectivity index (χ2n) is 5.57. The van der Waals surface area contributed by atoms with Gasteiger partial charge in [0.2, 0.25) is 5.88 Å². The van der Waals surface area contributed by atoms with Crippen LogP contribution in [-0.2, 0) is 4.74 Å². The Labute approximate surface area is 106 Å². The SMILES string of the molecule is CC(C)(C)OC(=O)N1CCC(c2cc(N)on2)C1. The average Bonchev–Trinajstić information content (AvgIpc) is 2.82. The number of nitrogens with two attached hydrogens (primary N) is 1. The number of hydrogen-bond acceptors (Lipinski definition) is 5. The van der Waals surface area contributed by atoms with E-state index in [1.807, 2.05) is 20.8 Å². The molecule has 1 aliphatic rings. The predicted molar refractivity (Wildman–Crippen MR) is 66.1 cm³/mol. The molecule has 1 aromatic heterocycles. The van der Waals surface area contributed by atoms with Gasteiger partial charge in [-0.25, -0.2) is 4.79 Å². The summed E-state index contributed by atoms with van der Waals surface area (Å²) in [5.41, 5.74) is 5.83. The minimum Gasteiger partial charge on any atom is -0.444 e. The summed E-state index contributed by atoms with van der Waals surface area (Å²) < 4.78 is 10.2. The highest BCUT2D eigenvalue weighted by Crippen LogP contribution is 2.28. The lowest BCUT2D eigenvalue weighted by Gasteiger charge is -2.24. The van der Waals surface area contributed by atoms with Crippen LogP contribution in [0.25, 0.3) is 0 Å². The van der Waals surface area contributed by atoms with Gasteiger partial charge in [0.1, 0.15) is 5.60 Å². The van der Waals surface area contributed by atoms with Crippen molar-refractivity contribution in [2.45, 2.75) is 38.7 Å². The number of anilines is 1. The van der Waals surface area contributed by atoms with Gasteiger partial charge < -0.3 is 19.9 Å². The molecule has 0 aromatic carbocycles. The van der Waals surface area contributed by atoms with Crippen LogP contribution in [0.2, 0.25) is 0 Å². The molecule has 6 heteroatoms. The van der Waals surface area contributed by atoms with Gasteiger partial charge >= 0.3 is 6.09 Å². The molecule has 2 N–H and O–H groups in total. The molecule has 6 nitrogen and oxygen atoms in total. The molecule has 1 atom stereocenters. The Bertz CT molecular complexity index is 436. The number of ether oxygens (including phenoxy) is 1. The Kier molecular flexibility index (Phi) is 3.19. The Hall–Kier alpha value is -1.72. The van der Waals surface area contributed by atoms with E-state index >= 15 is 0 Å². The van der Waals surface area contributed by atoms with E-state index in [0.717, 1.165) is 12.1 Å². The molecule has 2 heterocycles. The summed E-state index contributed by atoms with van der Waals surface area (Å²) in [7, 11) is 0. The van der Waals surface area contributed by atoms with E-state index in [-0.39, 0.29) is 12.0 Å². The number of rotatable bonds is 1. The van der Waals surface area contributed by atoms with Gasteiger partial charge in [0.05, 0.1) is 5.69 Å². The third-order valence-corrected chi connectivity index (χ3v) is 2.80. The van der Waals surface area contributed by atoms with E-state index in [4.69, 9.17) is 15.0 Å². The number of aromatic nitrogens is 1. The van der Waals surface area contributed by atoms with Gasteiger partial charge in [0, 0.05) is 25.1 Å². The number of amides is 1. The molecular formula is C12H19N3O3. The van der Waals surface area contributed by atoms with Crippen LogP contribution in [-0.4, -0.2) is 34.8 Å². The number of carbonyl (C=O) groups excluding carboxylic acids is 1. The number of carbonyl (C=O) groups is 1. The van der Waals surface area contributed by atoms with E-state index in [2.05, 4.69) is 5.16 Å². The monoisotopic (exact) mass is 253 g/mol. The lowest BCUT2D eigenvalue weighted by atomic mass is 10.1. The zero-order valence-corrected chi connectivity index (χ0v) is 11.0. The summed E-state index contributed by atoms with van der Waals surface area (Å²) >= 11 is 0. The molecule has 0 spiro atoms. The zero-order chi connectivity index (χ0) is 13.3. The highest BCUT2D eigenvalue weighted by atomic mass is 16.6. The van der Waals surface area contributed by atoms with Crippen molar-refractivity contribution < 1.29 is 14.1 Å². The topological polar surface area (TPSA) is 81.6 Å². The van der Waals surface area contributed by atoms with E-state index < -0.39 is 5.60 Å². The quantitative estimate of drug-likeness (QED) is 0.827. The van der Waals surface area contributed by atoms with Crippen molar-refractivity contribution in [2.75, 3.05) is 18.8 Å². The first kappa shape index (κ1) is 12.7. The molecule has 1 aliphatic heterocycles. The Morgan fingerprint density at radius 2 is 2.33 bits per heavy atom. The smallest absolute Gasteiger partial charge is 0.410 e. The normalized spacial score (nSPS) is 20.2. The van der Waals surface area contributed by atoms with Crippen LogP contribution in [0.15, 0.2) is 10.6 Å². The molecule has 0 saturated carbocycles. The molecule has 1 unspecified atom stereocenters. The fraction of sp³-hybridized carbons (Fsp3) is 0.667. The van der Waals surface area contributed by atoms with Gasteiger partial charge in [-0.2, -0.15) is 0 Å². The van der Waals surface area contributed by atoms with E-state index in [0.29, 0.717) is 19.0 Å². The fourth-order valence-electron chi connectivity index (χ4n) is 1.99. The Morgan fingerprint density at radius 1 is 1.61 bits per heavy atom. The largest absolute Gasteiger partial charge is 0.444 e. The van der Waals surface area contributed by atoms with Crippen molar-refractivity contribution in [3.63, 3.8) is 0 Å². The summed E-state index contributed by atoms with van der Waals surface area (Å²) in [6.45, 7) is 6.84. The van der Waals surface area contributed by atoms with Crippen LogP contribution in [0, 0.1) is 0 Å². The second kappa shape index (κ2) is 4.51. The molecule has 100 valence electrons. The first-order valence-electron chi connectivity index (χ1n) is 6.05. The van der Waals surface area contributed by atoms with Gasteiger partial charge in [0.25, 0.3) is 0 Å². The lowest BCUT2D eigenvalue weighted by molar-refractivity contribution is 0.0292. The van der Waals surface area contributed by atoms with Crippen LogP contribution in [0.3, 0.4) is 0 Å². The summed E-state index contributed by atoms with van der Waals surface area (Å²) in [6, 6.07) is 1.71. The highest BCUT2D eigenvalue weighted by molar-refractivity contribution is 5.68. The lowest BCUT2D eigenvalue weighted by Crippen LogP contribution is -2.35. The molecule has 2 rings (SSSR count). The van der Waals surface area contributed by atoms with Crippen molar-refractivity contribution in [1.82, 2.24) is 10.1 Å². The van der Waals surface area contributed by atoms with Crippen molar-refractivity contribution in [2.24, 2.45) is 0 Å². The zero-order valence-electron chi connectivity index (χ0n) is 11.0. The molecular weight excluding hydrogens is 234 g/mol. The minimum absolute atomic E-state index is 0.179. The van der Waals surface area contributed by atoms with Crippen LogP contribution in [0.1, 0.15) is 38.8 Å². The predicted octanol–water partition coefficient (Wildman–Crippen LogP) is 1.98. The number of nitrogens with zero attached hydrogens (tertiary/aromatic N) is 2. The maximum absolute atomic E-state index is 11.9. The molecule has 1 aromatic rings. The Balaban J connectivity index is 1.94. The molecule has 0 aliphatic carbocycles. The van der Waals surface area contributed by atoms with Crippen LogP contribution in [0.5, 0.6) is 0 Å². The number of nitrogen functional groups attached to an aromatic ring is 1. The van der Waals surface area contributed by atoms with Crippen molar-refractivity contribution in [1.29, 1.82) is 0 Å². The number of likely N-dealkylation sites (tertiary alicyclic amines) is 1. The standard InChI is InChI=1S/C12H19N3O3/c1-12(2,3)17-11(16)15-5-4-8(7-15)9-6-10(13)18-14-9/h6,8H,4-5,7,13H2,1-3H3. The van der Waals surface area contributed by atoms with Crippen LogP contribution < -0.4 is 5.73 Å². The van der Waals surface area contributed by atoms with Gasteiger partial charge in [-0.3, -0.25) is 0 Å². The van der Waals surface area contributed by atoms with Crippen LogP contribution in [0.4, 0.5) is 10.7 Å². The molecule has 0 radical (unpaired) electrons. The molecule has 1 amide bonds. The molecule has 0 bridgehead atoms. The van der Waals surface area contributed by atoms with Crippen molar-refractivity contribution in [3.05, 3.63) is 11.8 Å². The van der Waals surface area contributed by atoms with E-state index in [1.165, 1.54) is 0 Å². The highest BCUT2D eigenvalue weighted by Gasteiger charge is 2.31. The fourth-order valence-corrected chi connectivity index (χ4v) is 1.99. The summed E-state index contributed by atoms with van der Waals surface area (Å²) in [6.07, 6.45) is 0.576. The Morgan fingerprint density at radius 3 is 2.89 bits per heavy atom. The third kappa shape index (κ3) is 2.94. The molecule has 1 saturated heterocycles. The maximum atomic E-state index is 11.9. The second-order valence-corrected chi connectivity index (χ2v) is 5.57. The maximum Gasteiger partial charge on any atom is 0.410 e. The summed E-state index contributed by atoms with van der Waals surface area (Å²) in [5, 5.41) is 3.89. The number of hydrogen-bond donors (Lipinski definition) is 1. The third-order valence-electron chi connectivity index (χ3n) is 2.80. The molecule has 1 fully saturated rings. The van der Waals surface area contributed by atoms with E-state index in [9.17, 15) is 4.79 Å². The van der Waals surface area contributed by atoms with Crippen molar-refractivity contribution in [3.8, 4) is 0 Å². The van der Waals surface area contributed by atoms with Gasteiger partial charge in [0.15, 0.2) is 0 Å². The first-order valence-corrected chi connectivity index (χ1v) is 6.05. The van der Waals surface area contributed by atoms with Crippen LogP contribution >= 0.6 is 0 Å². The van der Waals surface area contributed by atoms with E-state index in [1.54, 1.807) is 11.0 Å². The first-order chi connectivity index (χ1) is 8.35. The van der Waals surface area contributed by atoms with Crippen molar-refractivity contribution >= 4 is 12.0 Å². The summed E-state index contributed by atoms with van der Waals surface area (Å²) in [4.78, 5) is 13.6. The molecule has 18 heavy (non-hydrogen) atoms. The summed E-state index contributed by atoms with van der Waals surface area (Å²) in [5.74, 6) is 0.485.